The number of nitrogens with zero attached hydrogens (tertiary/aromatic N) is 16. The Kier molecular flexibility index (Phi) is 23.4. The number of hydrogen-bond donors (Lipinski definition) is 3. The van der Waals surface area contributed by atoms with Crippen LogP contribution in [0.4, 0.5) is 65.0 Å². The van der Waals surface area contributed by atoms with E-state index in [0.717, 1.165) is 164 Å². The summed E-state index contributed by atoms with van der Waals surface area (Å²) in [7, 11) is -0.713. The van der Waals surface area contributed by atoms with Crippen LogP contribution >= 0.6 is 34.8 Å². The Balaban J connectivity index is 0.000000122. The molecule has 8 aromatic rings. The molecule has 41 heteroatoms. The third kappa shape index (κ3) is 16.8. The molecule has 16 aliphatic heterocycles. The van der Waals surface area contributed by atoms with Crippen molar-refractivity contribution in [2.24, 2.45) is 0 Å². The summed E-state index contributed by atoms with van der Waals surface area (Å²) in [5, 5.41) is 5.76. The molecule has 0 aliphatic carbocycles. The van der Waals surface area contributed by atoms with Gasteiger partial charge in [0.1, 0.15) is 79.9 Å². The van der Waals surface area contributed by atoms with Gasteiger partial charge in [-0.1, -0.05) is 71.3 Å². The number of hydrogen-bond acceptors (Lipinski definition) is 29. The minimum Gasteiger partial charge on any atom is -0.489 e. The average molecular weight is 2010 g/mol. The Labute approximate surface area is 828 Å². The molecule has 0 spiro atoms. The van der Waals surface area contributed by atoms with E-state index in [1.165, 1.54) is 23.3 Å². The van der Waals surface area contributed by atoms with Crippen LogP contribution in [0.25, 0.3) is 55.2 Å². The van der Waals surface area contributed by atoms with Crippen LogP contribution in [0.5, 0.6) is 35.3 Å². The second-order valence-corrected chi connectivity index (χ2v) is 45.3. The lowest BCUT2D eigenvalue weighted by Gasteiger charge is -2.46. The summed E-state index contributed by atoms with van der Waals surface area (Å²) in [6, 6.07) is 8.89. The molecule has 0 unspecified atom stereocenters. The number of fused-ring (bicyclic) bond motifs is 18. The zero-order chi connectivity index (χ0) is 99.0. The van der Waals surface area contributed by atoms with Crippen LogP contribution in [0.1, 0.15) is 177 Å². The lowest BCUT2D eigenvalue weighted by molar-refractivity contribution is -0.138. The van der Waals surface area contributed by atoms with Crippen molar-refractivity contribution in [3.8, 4) is 57.8 Å². The Hall–Kier alpha value is -10.2. The standard InChI is InChI=1S/C35H47BClN5O6.C35H39ClF3N7O4.C30H31ClF3N7O2/c1-20-15-35(12-9-13-40(35)16-20)19-45-30-38-23-14-22(36-47-33(5,6)34(7,8)48-36)27(37)28-26(23)29(39-30)41-17-21-10-11-24(25(41)18-44-28)42(21)31(43)46-32(2,3)4;1-18-13-34(10-5-11-44(34)14-18)17-49-31-41-22-12-20(28-21(35(37,38)39)7-9-25(40)42-28)27(36)29-26(22)30(43-31)45-15-19-6-8-23(24(45)16-48-29)46(19)32(47)50-33(2,3)4;1-15-10-29(7-2-8-40(29)11-15)14-43-28-37-20-9-17(25-18(30(32,33)34)4-6-22(35)38-25)24(31)26-23(20)27(39-28)41-12-16-3-5-19(36-16)21(41)13-42-26/h14,21,24-25H,1,9-13,15-19H2,2-8H3;7,9,12,19,23-24H,1,5-6,8,10-11,13-17H2,2-4H3,(H2,40,42);4,6,9,16,19,21,36H,1-3,5,7-8,10-14H2,(H2,35,38)/t21-,24+,25-,35+;19-,23+,24-,34+;16-,19+,21-,29+/m111/s1. The molecule has 750 valence electrons. The smallest absolute Gasteiger partial charge is 0.489 e. The quantitative estimate of drug-likeness (QED) is 0.0581. The number of nitrogens with one attached hydrogen (secondary N) is 1. The van der Waals surface area contributed by atoms with Gasteiger partial charge in [0.05, 0.1) is 140 Å². The van der Waals surface area contributed by atoms with E-state index in [1.807, 2.05) is 85.1 Å². The second-order valence-electron chi connectivity index (χ2n) is 44.2. The first-order valence-electron chi connectivity index (χ1n) is 49.0. The Morgan fingerprint density at radius 2 is 0.865 bits per heavy atom. The SMILES string of the molecule is C=C1CN2CCC[C@@]2(COc2nc3c4c(c(Cl)c(-c5nc(N)ccc5C(F)(F)F)cc4n2)OC[C@@H]2[C@@H]4CC[C@H](CN32)N4)C1.C=C1CN2CCC[C@@]2(COc2nc3c4c(c(Cl)c(-c5nc(N)ccc5C(F)(F)F)cc4n2)OC[C@@H]2[C@@H]4CC[C@H](CN32)N4C(=O)OC(C)(C)C)C1.C=C1CN2CCC[C@@]2(COc2nc3c4c(c(Cl)c(B5OC(C)(C)C(C)(C)O5)cc4n2)OC[C@@H]2[C@@H]4CC[C@H](CN32)N4C(=O)OC(C)(C)C)C1. The zero-order valence-electron chi connectivity index (χ0n) is 80.8. The monoisotopic (exact) mass is 2010 g/mol. The maximum Gasteiger partial charge on any atom is 0.496 e. The van der Waals surface area contributed by atoms with Crippen LogP contribution in [0, 0.1) is 0 Å². The fourth-order valence-corrected chi connectivity index (χ4v) is 26.0. The summed E-state index contributed by atoms with van der Waals surface area (Å²) in [5.41, 5.74) is 11.7. The first kappa shape index (κ1) is 95.6. The molecule has 24 rings (SSSR count). The van der Waals surface area contributed by atoms with E-state index in [0.29, 0.717) is 120 Å². The van der Waals surface area contributed by atoms with Crippen LogP contribution in [0.2, 0.25) is 15.1 Å². The highest BCUT2D eigenvalue weighted by molar-refractivity contribution is 6.66. The molecule has 0 saturated carbocycles. The highest BCUT2D eigenvalue weighted by Crippen LogP contribution is 2.57. The molecular formula is C100H117BCl3F6N19O12. The number of aromatic nitrogens is 8. The number of ether oxygens (including phenoxy) is 8. The van der Waals surface area contributed by atoms with Crippen LogP contribution in [-0.2, 0) is 31.1 Å². The largest absolute Gasteiger partial charge is 0.496 e. The first-order valence-corrected chi connectivity index (χ1v) is 50.2. The molecule has 0 radical (unpaired) electrons. The molecule has 12 atom stereocenters. The zero-order valence-corrected chi connectivity index (χ0v) is 83.0. The summed E-state index contributed by atoms with van der Waals surface area (Å²) in [6.45, 7) is 41.2. The van der Waals surface area contributed by atoms with E-state index >= 15 is 0 Å². The maximum atomic E-state index is 14.3. The number of halogens is 9. The third-order valence-corrected chi connectivity index (χ3v) is 33.1. The van der Waals surface area contributed by atoms with E-state index in [2.05, 4.69) is 64.4 Å². The Morgan fingerprint density at radius 1 is 0.489 bits per heavy atom. The third-order valence-electron chi connectivity index (χ3n) is 32.0. The molecule has 16 aliphatic rings. The predicted molar refractivity (Wildman–Crippen MR) is 523 cm³/mol. The van der Waals surface area contributed by atoms with Gasteiger partial charge < -0.3 is 78.7 Å². The van der Waals surface area contributed by atoms with Gasteiger partial charge in [-0.25, -0.2) is 19.6 Å². The number of benzene rings is 3. The van der Waals surface area contributed by atoms with Crippen molar-refractivity contribution >= 4 is 121 Å². The summed E-state index contributed by atoms with van der Waals surface area (Å²) in [4.78, 5) is 82.4. The van der Waals surface area contributed by atoms with E-state index in [1.54, 1.807) is 0 Å². The molecule has 13 saturated heterocycles. The van der Waals surface area contributed by atoms with Crippen molar-refractivity contribution in [1.82, 2.24) is 69.7 Å². The number of piperazine rings is 3. The number of rotatable bonds is 12. The van der Waals surface area contributed by atoms with Crippen molar-refractivity contribution in [1.29, 1.82) is 0 Å². The normalized spacial score (nSPS) is 28.2. The van der Waals surface area contributed by atoms with Gasteiger partial charge in [0.15, 0.2) is 17.2 Å². The summed E-state index contributed by atoms with van der Waals surface area (Å²) in [5.74, 6) is 2.55. The van der Waals surface area contributed by atoms with Gasteiger partial charge in [-0.2, -0.15) is 56.2 Å². The van der Waals surface area contributed by atoms with Gasteiger partial charge in [0.2, 0.25) is 0 Å². The molecule has 141 heavy (non-hydrogen) atoms. The van der Waals surface area contributed by atoms with Crippen molar-refractivity contribution < 1.29 is 83.1 Å². The predicted octanol–water partition coefficient (Wildman–Crippen LogP) is 16.4. The summed E-state index contributed by atoms with van der Waals surface area (Å²) < 4.78 is 149. The number of nitrogen functional groups attached to an aromatic ring is 2. The number of carbonyl (C=O) groups is 2. The molecule has 6 bridgehead atoms. The number of nitrogens with two attached hydrogens (primary N) is 2. The minimum atomic E-state index is -4.74. The molecule has 21 heterocycles. The summed E-state index contributed by atoms with van der Waals surface area (Å²) in [6.07, 6.45) is 4.01. The van der Waals surface area contributed by atoms with Gasteiger partial charge in [-0.15, -0.1) is 0 Å². The van der Waals surface area contributed by atoms with Crippen LogP contribution in [-0.4, -0.2) is 276 Å². The molecule has 31 nitrogen and oxygen atoms in total. The number of carbonyl (C=O) groups excluding carboxylic acids is 2. The Bertz CT molecular complexity index is 6480. The second kappa shape index (κ2) is 34.5. The van der Waals surface area contributed by atoms with Crippen LogP contribution in [0.3, 0.4) is 0 Å². The number of alkyl halides is 6. The average Bonchev–Trinajstić information content (AvgIpc) is 1.59. The fraction of sp³-hybridized carbons (Fsp3) is 0.580. The Morgan fingerprint density at radius 3 is 1.26 bits per heavy atom. The lowest BCUT2D eigenvalue weighted by Crippen LogP contribution is -2.63. The summed E-state index contributed by atoms with van der Waals surface area (Å²) >= 11 is 21.1. The maximum absolute atomic E-state index is 14.3. The van der Waals surface area contributed by atoms with E-state index in [4.69, 9.17) is 123 Å². The molecular weight excluding hydrogens is 1890 g/mol. The van der Waals surface area contributed by atoms with E-state index < -0.39 is 64.8 Å². The molecule has 3 aromatic carbocycles. The van der Waals surface area contributed by atoms with Crippen molar-refractivity contribution in [2.75, 3.05) is 125 Å². The highest BCUT2D eigenvalue weighted by atomic mass is 35.5. The van der Waals surface area contributed by atoms with Gasteiger partial charge in [-0.05, 0) is 228 Å². The lowest BCUT2D eigenvalue weighted by atomic mass is 9.78. The molecule has 5 N–H and O–H groups in total. The van der Waals surface area contributed by atoms with Crippen molar-refractivity contribution in [2.45, 2.75) is 271 Å². The van der Waals surface area contributed by atoms with E-state index in [-0.39, 0.29) is 152 Å². The highest BCUT2D eigenvalue weighted by Gasteiger charge is 2.59. The first-order chi connectivity index (χ1) is 66.8. The van der Waals surface area contributed by atoms with E-state index in [9.17, 15) is 35.9 Å². The fourth-order valence-electron chi connectivity index (χ4n) is 25.1. The van der Waals surface area contributed by atoms with Crippen LogP contribution < -0.4 is 65.4 Å². The van der Waals surface area contributed by atoms with Gasteiger partial charge in [-0.3, -0.25) is 24.5 Å². The van der Waals surface area contributed by atoms with Gasteiger partial charge in [0, 0.05) is 67.9 Å². The molecule has 13 fully saturated rings. The van der Waals surface area contributed by atoms with Crippen molar-refractivity contribution in [3.63, 3.8) is 0 Å². The topological polar surface area (TPSA) is 320 Å². The molecule has 2 amide bonds. The van der Waals surface area contributed by atoms with Gasteiger partial charge >= 0.3 is 49.7 Å². The number of anilines is 5. The minimum absolute atomic E-state index is 0.0116. The van der Waals surface area contributed by atoms with Gasteiger partial charge in [0.25, 0.3) is 0 Å². The molecule has 5 aromatic heterocycles. The van der Waals surface area contributed by atoms with Crippen LogP contribution in [0.15, 0.2) is 78.9 Å². The van der Waals surface area contributed by atoms with Crippen molar-refractivity contribution in [3.05, 3.63) is 105 Å². The number of pyridine rings is 2. The number of amides is 2.